The molecule has 0 unspecified atom stereocenters. The number of nitrogens with one attached hydrogen (secondary N) is 2. The molecule has 0 aromatic heterocycles. The van der Waals surface area contributed by atoms with E-state index in [0.717, 1.165) is 13.1 Å². The molecular formula is C10H16N2S. The number of likely N-dealkylation sites (N-methyl/N-ethyl adjacent to an activating group) is 1. The number of rotatable bonds is 5. The van der Waals surface area contributed by atoms with Crippen molar-refractivity contribution in [2.45, 2.75) is 11.8 Å². The molecule has 0 aliphatic rings. The topological polar surface area (TPSA) is 24.1 Å². The standard InChI is InChI=1S/C10H16N2S/c1-9-3-5-10(6-4-9)13-12-8-7-11-2/h3-6,11-12H,7-8H2,1-2H3. The van der Waals surface area contributed by atoms with Crippen LogP contribution in [0, 0.1) is 6.92 Å². The van der Waals surface area contributed by atoms with Crippen molar-refractivity contribution in [2.75, 3.05) is 20.1 Å². The Hall–Kier alpha value is -0.510. The van der Waals surface area contributed by atoms with Gasteiger partial charge in [0.2, 0.25) is 0 Å². The van der Waals surface area contributed by atoms with Gasteiger partial charge in [-0.05, 0) is 38.1 Å². The Labute approximate surface area is 84.2 Å². The second kappa shape index (κ2) is 6.02. The average molecular weight is 196 g/mol. The molecule has 0 heterocycles. The summed E-state index contributed by atoms with van der Waals surface area (Å²) in [5.74, 6) is 0. The quantitative estimate of drug-likeness (QED) is 0.555. The van der Waals surface area contributed by atoms with Crippen molar-refractivity contribution >= 4 is 11.9 Å². The zero-order valence-electron chi connectivity index (χ0n) is 8.13. The van der Waals surface area contributed by atoms with Crippen LogP contribution in [0.5, 0.6) is 0 Å². The average Bonchev–Trinajstić information content (AvgIpc) is 2.15. The van der Waals surface area contributed by atoms with Crippen molar-refractivity contribution in [1.29, 1.82) is 0 Å². The molecule has 2 nitrogen and oxygen atoms in total. The predicted octanol–water partition coefficient (Wildman–Crippen LogP) is 1.81. The molecule has 0 radical (unpaired) electrons. The Morgan fingerprint density at radius 1 is 1.15 bits per heavy atom. The van der Waals surface area contributed by atoms with Gasteiger partial charge in [-0.3, -0.25) is 4.72 Å². The van der Waals surface area contributed by atoms with Crippen LogP contribution in [-0.2, 0) is 0 Å². The maximum absolute atomic E-state index is 3.28. The van der Waals surface area contributed by atoms with Crippen LogP contribution >= 0.6 is 11.9 Å². The first-order valence-corrected chi connectivity index (χ1v) is 5.25. The normalized spacial score (nSPS) is 10.3. The van der Waals surface area contributed by atoms with E-state index in [9.17, 15) is 0 Å². The number of benzene rings is 1. The molecule has 13 heavy (non-hydrogen) atoms. The van der Waals surface area contributed by atoms with E-state index < -0.39 is 0 Å². The van der Waals surface area contributed by atoms with Gasteiger partial charge < -0.3 is 5.32 Å². The van der Waals surface area contributed by atoms with E-state index in [1.54, 1.807) is 11.9 Å². The number of aryl methyl sites for hydroxylation is 1. The van der Waals surface area contributed by atoms with Crippen molar-refractivity contribution in [1.82, 2.24) is 10.0 Å². The molecule has 0 amide bonds. The Morgan fingerprint density at radius 3 is 2.46 bits per heavy atom. The van der Waals surface area contributed by atoms with Crippen LogP contribution < -0.4 is 10.0 Å². The van der Waals surface area contributed by atoms with Crippen molar-refractivity contribution in [2.24, 2.45) is 0 Å². The van der Waals surface area contributed by atoms with Crippen LogP contribution in [0.4, 0.5) is 0 Å². The van der Waals surface area contributed by atoms with Crippen LogP contribution in [0.2, 0.25) is 0 Å². The zero-order chi connectivity index (χ0) is 9.52. The van der Waals surface area contributed by atoms with E-state index >= 15 is 0 Å². The molecule has 0 aliphatic carbocycles. The monoisotopic (exact) mass is 196 g/mol. The summed E-state index contributed by atoms with van der Waals surface area (Å²) in [4.78, 5) is 1.27. The third-order valence-electron chi connectivity index (χ3n) is 1.69. The van der Waals surface area contributed by atoms with Gasteiger partial charge in [-0.15, -0.1) is 0 Å². The predicted molar refractivity (Wildman–Crippen MR) is 59.0 cm³/mol. The SMILES string of the molecule is CNCCNSc1ccc(C)cc1. The maximum atomic E-state index is 3.28. The molecule has 0 saturated heterocycles. The molecule has 1 aromatic carbocycles. The molecule has 2 N–H and O–H groups in total. The van der Waals surface area contributed by atoms with Crippen molar-refractivity contribution in [3.63, 3.8) is 0 Å². The molecule has 0 atom stereocenters. The second-order valence-electron chi connectivity index (χ2n) is 2.91. The van der Waals surface area contributed by atoms with E-state index in [2.05, 4.69) is 41.2 Å². The lowest BCUT2D eigenvalue weighted by Gasteiger charge is -2.03. The maximum Gasteiger partial charge on any atom is 0.0228 e. The summed E-state index contributed by atoms with van der Waals surface area (Å²) in [7, 11) is 1.96. The Morgan fingerprint density at radius 2 is 1.85 bits per heavy atom. The first kappa shape index (κ1) is 10.6. The number of hydrogen-bond donors (Lipinski definition) is 2. The summed E-state index contributed by atoms with van der Waals surface area (Å²) in [5, 5.41) is 3.09. The van der Waals surface area contributed by atoms with Crippen LogP contribution in [0.1, 0.15) is 5.56 Å². The minimum absolute atomic E-state index is 0.981. The highest BCUT2D eigenvalue weighted by Crippen LogP contribution is 2.14. The lowest BCUT2D eigenvalue weighted by molar-refractivity contribution is 0.776. The highest BCUT2D eigenvalue weighted by molar-refractivity contribution is 7.97. The van der Waals surface area contributed by atoms with Gasteiger partial charge in [0.15, 0.2) is 0 Å². The molecule has 0 aliphatic heterocycles. The fraction of sp³-hybridized carbons (Fsp3) is 0.400. The summed E-state index contributed by atoms with van der Waals surface area (Å²) in [5.41, 5.74) is 1.31. The molecule has 1 aromatic rings. The Kier molecular flexibility index (Phi) is 4.90. The summed E-state index contributed by atoms with van der Waals surface area (Å²) in [6, 6.07) is 8.52. The van der Waals surface area contributed by atoms with E-state index in [4.69, 9.17) is 0 Å². The van der Waals surface area contributed by atoms with E-state index in [1.807, 2.05) is 7.05 Å². The first-order chi connectivity index (χ1) is 6.33. The minimum atomic E-state index is 0.981. The lowest BCUT2D eigenvalue weighted by atomic mass is 10.2. The van der Waals surface area contributed by atoms with Crippen LogP contribution in [-0.4, -0.2) is 20.1 Å². The third-order valence-corrected chi connectivity index (χ3v) is 2.54. The van der Waals surface area contributed by atoms with Gasteiger partial charge in [-0.1, -0.05) is 17.7 Å². The minimum Gasteiger partial charge on any atom is -0.318 e. The van der Waals surface area contributed by atoms with Crippen LogP contribution in [0.3, 0.4) is 0 Å². The van der Waals surface area contributed by atoms with Crippen LogP contribution in [0.25, 0.3) is 0 Å². The van der Waals surface area contributed by atoms with E-state index in [1.165, 1.54) is 10.5 Å². The summed E-state index contributed by atoms with van der Waals surface area (Å²) in [6.45, 7) is 4.08. The molecule has 72 valence electrons. The summed E-state index contributed by atoms with van der Waals surface area (Å²) < 4.78 is 3.28. The Balaban J connectivity index is 2.25. The first-order valence-electron chi connectivity index (χ1n) is 4.44. The smallest absolute Gasteiger partial charge is 0.0228 e. The van der Waals surface area contributed by atoms with Gasteiger partial charge in [0.05, 0.1) is 0 Å². The van der Waals surface area contributed by atoms with Crippen molar-refractivity contribution < 1.29 is 0 Å². The number of hydrogen-bond acceptors (Lipinski definition) is 3. The highest BCUT2D eigenvalue weighted by Gasteiger charge is 1.91. The van der Waals surface area contributed by atoms with Gasteiger partial charge in [-0.25, -0.2) is 0 Å². The largest absolute Gasteiger partial charge is 0.318 e. The molecule has 0 fully saturated rings. The second-order valence-corrected chi connectivity index (χ2v) is 3.88. The van der Waals surface area contributed by atoms with Gasteiger partial charge in [0.25, 0.3) is 0 Å². The van der Waals surface area contributed by atoms with Crippen LogP contribution in [0.15, 0.2) is 29.2 Å². The molecule has 0 bridgehead atoms. The fourth-order valence-electron chi connectivity index (χ4n) is 0.917. The molecular weight excluding hydrogens is 180 g/mol. The van der Waals surface area contributed by atoms with Gasteiger partial charge >= 0.3 is 0 Å². The molecule has 1 rings (SSSR count). The lowest BCUT2D eigenvalue weighted by Crippen LogP contribution is -2.19. The summed E-state index contributed by atoms with van der Waals surface area (Å²) >= 11 is 1.68. The van der Waals surface area contributed by atoms with Gasteiger partial charge in [0.1, 0.15) is 0 Å². The van der Waals surface area contributed by atoms with Gasteiger partial charge in [0, 0.05) is 18.0 Å². The summed E-state index contributed by atoms with van der Waals surface area (Å²) in [6.07, 6.45) is 0. The van der Waals surface area contributed by atoms with E-state index in [-0.39, 0.29) is 0 Å². The van der Waals surface area contributed by atoms with Crippen molar-refractivity contribution in [3.05, 3.63) is 29.8 Å². The van der Waals surface area contributed by atoms with E-state index in [0.29, 0.717) is 0 Å². The highest BCUT2D eigenvalue weighted by atomic mass is 32.2. The fourth-order valence-corrected chi connectivity index (χ4v) is 1.56. The zero-order valence-corrected chi connectivity index (χ0v) is 8.95. The third kappa shape index (κ3) is 4.31. The van der Waals surface area contributed by atoms with Gasteiger partial charge in [-0.2, -0.15) is 0 Å². The Bertz CT molecular complexity index is 233. The molecule has 3 heteroatoms. The molecule has 0 spiro atoms. The van der Waals surface area contributed by atoms with Crippen molar-refractivity contribution in [3.8, 4) is 0 Å². The molecule has 0 saturated carbocycles.